The van der Waals surface area contributed by atoms with Gasteiger partial charge in [-0.25, -0.2) is 4.98 Å². The molecule has 0 bridgehead atoms. The van der Waals surface area contributed by atoms with Crippen LogP contribution in [0.1, 0.15) is 16.1 Å². The quantitative estimate of drug-likeness (QED) is 0.638. The molecule has 9 heteroatoms. The second-order valence-corrected chi connectivity index (χ2v) is 7.14. The van der Waals surface area contributed by atoms with E-state index in [2.05, 4.69) is 20.6 Å². The molecule has 3 rings (SSSR count). The van der Waals surface area contributed by atoms with Crippen molar-refractivity contribution in [3.8, 4) is 10.7 Å². The van der Waals surface area contributed by atoms with Gasteiger partial charge in [0.25, 0.3) is 5.91 Å². The van der Waals surface area contributed by atoms with E-state index in [4.69, 9.17) is 23.2 Å². The Balaban J connectivity index is 1.49. The highest BCUT2D eigenvalue weighted by atomic mass is 35.5. The Bertz CT molecular complexity index is 963. The summed E-state index contributed by atoms with van der Waals surface area (Å²) < 4.78 is 0. The van der Waals surface area contributed by atoms with Crippen LogP contribution < -0.4 is 10.6 Å². The highest BCUT2D eigenvalue weighted by Crippen LogP contribution is 2.21. The molecule has 3 aromatic rings. The van der Waals surface area contributed by atoms with Crippen LogP contribution in [0, 0.1) is 0 Å². The van der Waals surface area contributed by atoms with Crippen LogP contribution in [0.4, 0.5) is 0 Å². The number of halogens is 2. The Labute approximate surface area is 169 Å². The highest BCUT2D eigenvalue weighted by Gasteiger charge is 2.12. The van der Waals surface area contributed by atoms with Crippen LogP contribution in [0.5, 0.6) is 0 Å². The van der Waals surface area contributed by atoms with E-state index in [0.29, 0.717) is 5.02 Å². The van der Waals surface area contributed by atoms with Gasteiger partial charge in [-0.3, -0.25) is 14.6 Å². The minimum atomic E-state index is -0.446. The summed E-state index contributed by atoms with van der Waals surface area (Å²) in [7, 11) is 0. The summed E-state index contributed by atoms with van der Waals surface area (Å²) in [6.45, 7) is 0.0920. The van der Waals surface area contributed by atoms with Crippen molar-refractivity contribution in [3.05, 3.63) is 69.3 Å². The zero-order valence-corrected chi connectivity index (χ0v) is 16.2. The molecule has 2 heterocycles. The van der Waals surface area contributed by atoms with Gasteiger partial charge >= 0.3 is 0 Å². The molecule has 0 fully saturated rings. The van der Waals surface area contributed by atoms with E-state index in [1.54, 1.807) is 12.3 Å². The zero-order valence-electron chi connectivity index (χ0n) is 13.9. The first-order valence-corrected chi connectivity index (χ1v) is 9.52. The minimum absolute atomic E-state index is 0.172. The standard InChI is InChI=1S/C18H14Cl2N4O2S/c19-11-4-5-13(14(20)7-11)17(26)23-9-16(25)22-8-12-10-27-18(24-12)15-3-1-2-6-21-15/h1-7,10H,8-9H2,(H,22,25)(H,23,26). The fraction of sp³-hybridized carbons (Fsp3) is 0.111. The number of carbonyl (C=O) groups is 2. The van der Waals surface area contributed by atoms with Crippen LogP contribution >= 0.6 is 34.5 Å². The fourth-order valence-corrected chi connectivity index (χ4v) is 3.47. The number of carbonyl (C=O) groups excluding carboxylic acids is 2. The van der Waals surface area contributed by atoms with Gasteiger partial charge in [0.05, 0.1) is 35.1 Å². The lowest BCUT2D eigenvalue weighted by Gasteiger charge is -2.07. The summed E-state index contributed by atoms with van der Waals surface area (Å²) in [5, 5.41) is 8.53. The van der Waals surface area contributed by atoms with Gasteiger partial charge in [0, 0.05) is 16.6 Å². The molecule has 6 nitrogen and oxygen atoms in total. The van der Waals surface area contributed by atoms with Gasteiger partial charge in [0.1, 0.15) is 5.01 Å². The molecule has 138 valence electrons. The number of rotatable bonds is 6. The van der Waals surface area contributed by atoms with Crippen molar-refractivity contribution in [2.75, 3.05) is 6.54 Å². The zero-order chi connectivity index (χ0) is 19.2. The Kier molecular flexibility index (Phi) is 6.39. The van der Waals surface area contributed by atoms with Crippen LogP contribution in [0.2, 0.25) is 10.0 Å². The van der Waals surface area contributed by atoms with Gasteiger partial charge in [0.2, 0.25) is 5.91 Å². The molecule has 0 unspecified atom stereocenters. The Morgan fingerprint density at radius 1 is 1.11 bits per heavy atom. The van der Waals surface area contributed by atoms with Gasteiger partial charge in [0.15, 0.2) is 0 Å². The third-order valence-electron chi connectivity index (χ3n) is 3.49. The average molecular weight is 421 g/mol. The molecule has 0 aliphatic carbocycles. The van der Waals surface area contributed by atoms with Crippen molar-refractivity contribution < 1.29 is 9.59 Å². The summed E-state index contributed by atoms with van der Waals surface area (Å²) in [6, 6.07) is 10.1. The average Bonchev–Trinajstić information content (AvgIpc) is 3.14. The van der Waals surface area contributed by atoms with Crippen LogP contribution in [0.3, 0.4) is 0 Å². The van der Waals surface area contributed by atoms with Crippen LogP contribution in [0.25, 0.3) is 10.7 Å². The second kappa shape index (κ2) is 8.94. The number of pyridine rings is 1. The van der Waals surface area contributed by atoms with Crippen molar-refractivity contribution in [2.45, 2.75) is 6.54 Å². The molecule has 1 aromatic carbocycles. The van der Waals surface area contributed by atoms with Crippen molar-refractivity contribution in [2.24, 2.45) is 0 Å². The lowest BCUT2D eigenvalue weighted by Crippen LogP contribution is -2.36. The van der Waals surface area contributed by atoms with Crippen molar-refractivity contribution in [3.63, 3.8) is 0 Å². The predicted octanol–water partition coefficient (Wildman–Crippen LogP) is 3.56. The molecule has 0 saturated heterocycles. The topological polar surface area (TPSA) is 84.0 Å². The third-order valence-corrected chi connectivity index (χ3v) is 4.95. The molecule has 2 aromatic heterocycles. The van der Waals surface area contributed by atoms with Crippen LogP contribution in [-0.4, -0.2) is 28.3 Å². The summed E-state index contributed by atoms with van der Waals surface area (Å²) in [5.74, 6) is -0.779. The Morgan fingerprint density at radius 3 is 2.70 bits per heavy atom. The maximum absolute atomic E-state index is 12.1. The summed E-state index contributed by atoms with van der Waals surface area (Å²) in [6.07, 6.45) is 1.70. The Morgan fingerprint density at radius 2 is 1.96 bits per heavy atom. The lowest BCUT2D eigenvalue weighted by atomic mass is 10.2. The van der Waals surface area contributed by atoms with E-state index >= 15 is 0 Å². The van der Waals surface area contributed by atoms with Gasteiger partial charge in [-0.1, -0.05) is 29.3 Å². The predicted molar refractivity (Wildman–Crippen MR) is 106 cm³/mol. The minimum Gasteiger partial charge on any atom is -0.349 e. The van der Waals surface area contributed by atoms with E-state index in [1.165, 1.54) is 23.5 Å². The molecule has 0 saturated carbocycles. The van der Waals surface area contributed by atoms with Gasteiger partial charge in [-0.05, 0) is 30.3 Å². The van der Waals surface area contributed by atoms with Gasteiger partial charge in [-0.15, -0.1) is 11.3 Å². The normalized spacial score (nSPS) is 10.4. The first-order chi connectivity index (χ1) is 13.0. The molecule has 27 heavy (non-hydrogen) atoms. The third kappa shape index (κ3) is 5.26. The second-order valence-electron chi connectivity index (χ2n) is 5.44. The van der Waals surface area contributed by atoms with E-state index in [9.17, 15) is 9.59 Å². The molecule has 0 radical (unpaired) electrons. The van der Waals surface area contributed by atoms with Gasteiger partial charge in [-0.2, -0.15) is 0 Å². The summed E-state index contributed by atoms with van der Waals surface area (Å²) in [5.41, 5.74) is 1.77. The number of benzene rings is 1. The lowest BCUT2D eigenvalue weighted by molar-refractivity contribution is -0.120. The van der Waals surface area contributed by atoms with Crippen LogP contribution in [0.15, 0.2) is 48.0 Å². The van der Waals surface area contributed by atoms with E-state index in [1.807, 2.05) is 23.6 Å². The van der Waals surface area contributed by atoms with Crippen LogP contribution in [-0.2, 0) is 11.3 Å². The fourth-order valence-electron chi connectivity index (χ4n) is 2.18. The molecule has 0 spiro atoms. The molecular weight excluding hydrogens is 407 g/mol. The van der Waals surface area contributed by atoms with Crippen molar-refractivity contribution >= 4 is 46.4 Å². The van der Waals surface area contributed by atoms with Crippen molar-refractivity contribution in [1.29, 1.82) is 0 Å². The number of thiazole rings is 1. The number of hydrogen-bond acceptors (Lipinski definition) is 5. The van der Waals surface area contributed by atoms with E-state index in [-0.39, 0.29) is 29.6 Å². The number of nitrogens with zero attached hydrogens (tertiary/aromatic N) is 2. The van der Waals surface area contributed by atoms with Gasteiger partial charge < -0.3 is 10.6 Å². The molecular formula is C18H14Cl2N4O2S. The molecule has 0 aliphatic rings. The smallest absolute Gasteiger partial charge is 0.253 e. The first-order valence-electron chi connectivity index (χ1n) is 7.88. The molecule has 0 aliphatic heterocycles. The first kappa shape index (κ1) is 19.3. The monoisotopic (exact) mass is 420 g/mol. The number of nitrogens with one attached hydrogen (secondary N) is 2. The highest BCUT2D eigenvalue weighted by molar-refractivity contribution is 7.13. The number of aromatic nitrogens is 2. The molecule has 2 amide bonds. The van der Waals surface area contributed by atoms with E-state index < -0.39 is 5.91 Å². The maximum atomic E-state index is 12.1. The van der Waals surface area contributed by atoms with Crippen molar-refractivity contribution in [1.82, 2.24) is 20.6 Å². The maximum Gasteiger partial charge on any atom is 0.253 e. The Hall–Kier alpha value is -2.48. The SMILES string of the molecule is O=C(CNC(=O)c1ccc(Cl)cc1Cl)NCc1csc(-c2ccccn2)n1. The summed E-state index contributed by atoms with van der Waals surface area (Å²) >= 11 is 13.2. The molecule has 0 atom stereocenters. The molecule has 2 N–H and O–H groups in total. The van der Waals surface area contributed by atoms with E-state index in [0.717, 1.165) is 16.4 Å². The number of amides is 2. The largest absolute Gasteiger partial charge is 0.349 e. The summed E-state index contributed by atoms with van der Waals surface area (Å²) in [4.78, 5) is 32.7. The number of hydrogen-bond donors (Lipinski definition) is 2.